The molecule has 2 aromatic rings. The number of hydrogen-bond acceptors (Lipinski definition) is 13. The molecule has 0 unspecified atom stereocenters. The Kier molecular flexibility index (Phi) is 8.46. The fourth-order valence-electron chi connectivity index (χ4n) is 6.95. The Labute approximate surface area is 258 Å². The number of rotatable bonds is 7. The molecule has 0 aromatic heterocycles. The maximum absolute atomic E-state index is 13.8. The third-order valence-electron chi connectivity index (χ3n) is 9.22. The molecule has 2 heterocycles. The van der Waals surface area contributed by atoms with E-state index >= 15 is 0 Å². The van der Waals surface area contributed by atoms with Gasteiger partial charge in [-0.3, -0.25) is 14.4 Å². The predicted molar refractivity (Wildman–Crippen MR) is 154 cm³/mol. The Bertz CT molecular complexity index is 1520. The lowest BCUT2D eigenvalue weighted by Gasteiger charge is -2.43. The monoisotopic (exact) mass is 627 g/mol. The van der Waals surface area contributed by atoms with Crippen LogP contribution in [0.2, 0.25) is 0 Å². The number of benzene rings is 2. The Morgan fingerprint density at radius 2 is 1.82 bits per heavy atom. The van der Waals surface area contributed by atoms with Gasteiger partial charge >= 0.3 is 0 Å². The Hall–Kier alpha value is -3.43. The molecule has 45 heavy (non-hydrogen) atoms. The number of carbonyl (C=O) groups is 3. The number of fused-ring (bicyclic) bond motifs is 3. The first-order chi connectivity index (χ1) is 21.5. The van der Waals surface area contributed by atoms with Crippen LogP contribution in [0.5, 0.6) is 17.2 Å². The molecule has 0 radical (unpaired) electrons. The van der Waals surface area contributed by atoms with Crippen molar-refractivity contribution in [3.8, 4) is 17.2 Å². The first-order valence-electron chi connectivity index (χ1n) is 15.1. The first kappa shape index (κ1) is 31.5. The molecule has 6 N–H and O–H groups in total. The average Bonchev–Trinajstić information content (AvgIpc) is 3.02. The third kappa shape index (κ3) is 5.31. The van der Waals surface area contributed by atoms with Gasteiger partial charge < -0.3 is 49.8 Å². The SMILES string of the molecule is COc1cccc2c1C(=O)c1c(O)c3c(c(O)c1C2=O)C[C@@](O)(C(=O)CO)C[C@@H]3O[C@@H]1C[C@H](N)[C@H](O[C@@H]2CCCCO2)[C@H](C)O1. The highest BCUT2D eigenvalue weighted by atomic mass is 16.7. The minimum atomic E-state index is -2.24. The zero-order chi connectivity index (χ0) is 32.2. The summed E-state index contributed by atoms with van der Waals surface area (Å²) in [5, 5.41) is 44.2. The summed E-state index contributed by atoms with van der Waals surface area (Å²) in [4.78, 5) is 40.2. The summed E-state index contributed by atoms with van der Waals surface area (Å²) in [6.07, 6.45) is -2.03. The van der Waals surface area contributed by atoms with E-state index in [2.05, 4.69) is 0 Å². The van der Waals surface area contributed by atoms with E-state index in [0.29, 0.717) is 6.61 Å². The van der Waals surface area contributed by atoms with E-state index in [4.69, 9.17) is 29.4 Å². The van der Waals surface area contributed by atoms with E-state index in [9.17, 15) is 34.8 Å². The van der Waals surface area contributed by atoms with Crippen molar-refractivity contribution < 1.29 is 58.5 Å². The molecule has 13 nitrogen and oxygen atoms in total. The number of phenolic OH excluding ortho intramolecular Hbond substituents is 2. The Morgan fingerprint density at radius 1 is 1.07 bits per heavy atom. The van der Waals surface area contributed by atoms with Crippen LogP contribution in [0.1, 0.15) is 88.1 Å². The molecule has 2 aliphatic heterocycles. The van der Waals surface area contributed by atoms with E-state index in [1.807, 2.05) is 0 Å². The normalized spacial score (nSPS) is 31.1. The lowest BCUT2D eigenvalue weighted by Crippen LogP contribution is -2.55. The third-order valence-corrected chi connectivity index (χ3v) is 9.22. The van der Waals surface area contributed by atoms with Gasteiger partial charge in [-0.1, -0.05) is 12.1 Å². The Balaban J connectivity index is 1.38. The quantitative estimate of drug-likeness (QED) is 0.236. The minimum absolute atomic E-state index is 0.0409. The van der Waals surface area contributed by atoms with Crippen LogP contribution in [-0.2, 0) is 30.2 Å². The zero-order valence-corrected chi connectivity index (χ0v) is 25.0. The molecule has 2 fully saturated rings. The van der Waals surface area contributed by atoms with Gasteiger partial charge in [0.15, 0.2) is 24.1 Å². The van der Waals surface area contributed by atoms with Crippen LogP contribution in [0.25, 0.3) is 0 Å². The van der Waals surface area contributed by atoms with Crippen LogP contribution in [0, 0.1) is 0 Å². The number of hydrogen-bond donors (Lipinski definition) is 5. The largest absolute Gasteiger partial charge is 0.507 e. The number of aliphatic hydroxyl groups excluding tert-OH is 1. The van der Waals surface area contributed by atoms with Crippen LogP contribution in [-0.4, -0.2) is 94.5 Å². The number of carbonyl (C=O) groups excluding carboxylic acids is 3. The Morgan fingerprint density at radius 3 is 2.49 bits per heavy atom. The van der Waals surface area contributed by atoms with Gasteiger partial charge in [-0.15, -0.1) is 0 Å². The standard InChI is InChI=1S/C32H37NO12/c1-14-31(45-21-8-3-4-9-42-21)17(33)10-22(43-14)44-19-12-32(40,20(35)13-34)11-16-24(19)30(39)26-25(28(16)37)27(36)15-6-5-7-18(41-2)23(15)29(26)38/h5-7,14,17,19,21-22,31,34,37,39-40H,3-4,8-13,33H2,1-2H3/t14-,17-,19-,21+,22+,31+,32-/m0/s1. The summed E-state index contributed by atoms with van der Waals surface area (Å²) in [6.45, 7) is 1.35. The lowest BCUT2D eigenvalue weighted by atomic mass is 9.72. The van der Waals surface area contributed by atoms with Crippen molar-refractivity contribution in [2.75, 3.05) is 20.3 Å². The average molecular weight is 628 g/mol. The second-order valence-electron chi connectivity index (χ2n) is 12.1. The van der Waals surface area contributed by atoms with Gasteiger partial charge in [0.05, 0.1) is 36.0 Å². The van der Waals surface area contributed by atoms with Gasteiger partial charge in [0, 0.05) is 48.6 Å². The van der Waals surface area contributed by atoms with Crippen LogP contribution < -0.4 is 10.5 Å². The molecule has 0 spiro atoms. The molecule has 2 aromatic carbocycles. The molecular formula is C32H37NO12. The van der Waals surface area contributed by atoms with E-state index < -0.39 is 102 Å². The summed E-state index contributed by atoms with van der Waals surface area (Å²) in [5.74, 6) is -3.67. The van der Waals surface area contributed by atoms with Crippen molar-refractivity contribution in [3.63, 3.8) is 0 Å². The van der Waals surface area contributed by atoms with E-state index in [1.54, 1.807) is 6.92 Å². The molecule has 6 rings (SSSR count). The fourth-order valence-corrected chi connectivity index (χ4v) is 6.95. The highest BCUT2D eigenvalue weighted by molar-refractivity contribution is 6.31. The van der Waals surface area contributed by atoms with Crippen LogP contribution >= 0.6 is 0 Å². The van der Waals surface area contributed by atoms with Gasteiger partial charge in [-0.2, -0.15) is 0 Å². The number of methoxy groups -OCH3 is 1. The molecule has 2 saturated heterocycles. The van der Waals surface area contributed by atoms with Gasteiger partial charge in [-0.05, 0) is 32.3 Å². The van der Waals surface area contributed by atoms with Crippen molar-refractivity contribution in [3.05, 3.63) is 51.6 Å². The molecule has 13 heteroatoms. The van der Waals surface area contributed by atoms with Gasteiger partial charge in [0.1, 0.15) is 35.6 Å². The van der Waals surface area contributed by atoms with Crippen molar-refractivity contribution in [1.29, 1.82) is 0 Å². The highest BCUT2D eigenvalue weighted by Gasteiger charge is 2.50. The molecule has 2 aliphatic carbocycles. The second kappa shape index (κ2) is 12.1. The topological polar surface area (TPSA) is 204 Å². The van der Waals surface area contributed by atoms with E-state index in [1.165, 1.54) is 25.3 Å². The zero-order valence-electron chi connectivity index (χ0n) is 25.0. The molecule has 0 saturated carbocycles. The molecule has 7 atom stereocenters. The lowest BCUT2D eigenvalue weighted by molar-refractivity contribution is -0.281. The van der Waals surface area contributed by atoms with Crippen molar-refractivity contribution in [2.45, 2.75) is 88.0 Å². The number of ether oxygens (including phenoxy) is 5. The maximum atomic E-state index is 13.8. The molecule has 0 amide bonds. The number of aliphatic hydroxyl groups is 2. The van der Waals surface area contributed by atoms with Crippen LogP contribution in [0.3, 0.4) is 0 Å². The number of Topliss-reactive ketones (excluding diaryl/α,β-unsaturated/α-hetero) is 1. The van der Waals surface area contributed by atoms with Crippen molar-refractivity contribution >= 4 is 17.3 Å². The first-order valence-corrected chi connectivity index (χ1v) is 15.1. The summed E-state index contributed by atoms with van der Waals surface area (Å²) in [7, 11) is 1.34. The maximum Gasteiger partial charge on any atom is 0.202 e. The molecule has 4 aliphatic rings. The summed E-state index contributed by atoms with van der Waals surface area (Å²) in [6, 6.07) is 3.86. The van der Waals surface area contributed by atoms with Crippen molar-refractivity contribution in [2.24, 2.45) is 5.73 Å². The van der Waals surface area contributed by atoms with Crippen LogP contribution in [0.4, 0.5) is 0 Å². The summed E-state index contributed by atoms with van der Waals surface area (Å²) >= 11 is 0. The van der Waals surface area contributed by atoms with E-state index in [-0.39, 0.29) is 34.4 Å². The number of ketones is 3. The predicted octanol–water partition coefficient (Wildman–Crippen LogP) is 1.55. The highest BCUT2D eigenvalue weighted by Crippen LogP contribution is 2.52. The van der Waals surface area contributed by atoms with E-state index in [0.717, 1.165) is 19.3 Å². The van der Waals surface area contributed by atoms with Gasteiger partial charge in [0.25, 0.3) is 0 Å². The van der Waals surface area contributed by atoms with Gasteiger partial charge in [0.2, 0.25) is 5.78 Å². The van der Waals surface area contributed by atoms with Crippen LogP contribution in [0.15, 0.2) is 18.2 Å². The fraction of sp³-hybridized carbons (Fsp3) is 0.531. The number of aromatic hydroxyl groups is 2. The number of nitrogens with two attached hydrogens (primary N) is 1. The summed E-state index contributed by atoms with van der Waals surface area (Å²) in [5.41, 5.74) is 2.98. The summed E-state index contributed by atoms with van der Waals surface area (Å²) < 4.78 is 29.5. The minimum Gasteiger partial charge on any atom is -0.507 e. The molecule has 242 valence electrons. The smallest absolute Gasteiger partial charge is 0.202 e. The number of phenols is 2. The van der Waals surface area contributed by atoms with Crippen molar-refractivity contribution in [1.82, 2.24) is 0 Å². The second-order valence-corrected chi connectivity index (χ2v) is 12.1. The molecular weight excluding hydrogens is 590 g/mol. The van der Waals surface area contributed by atoms with Gasteiger partial charge in [-0.25, -0.2) is 0 Å². The molecule has 0 bridgehead atoms.